The molecule has 202 valence electrons. The summed E-state index contributed by atoms with van der Waals surface area (Å²) in [5.41, 5.74) is 0.384. The average Bonchev–Trinajstić information content (AvgIpc) is 3.20. The van der Waals surface area contributed by atoms with Crippen LogP contribution in [0.5, 0.6) is 5.75 Å². The number of benzene rings is 2. The molecule has 4 nitrogen and oxygen atoms in total. The third-order valence-electron chi connectivity index (χ3n) is 6.20. The molecule has 0 aliphatic carbocycles. The van der Waals surface area contributed by atoms with Crippen molar-refractivity contribution in [3.63, 3.8) is 0 Å². The Bertz CT molecular complexity index is 1190. The topological polar surface area (TPSA) is 47.6 Å². The highest BCUT2D eigenvalue weighted by Gasteiger charge is 2.60. The minimum Gasteiger partial charge on any atom is -0.499 e. The first-order valence-corrected chi connectivity index (χ1v) is 12.3. The molecule has 37 heavy (non-hydrogen) atoms. The van der Waals surface area contributed by atoms with E-state index < -0.39 is 57.6 Å². The van der Waals surface area contributed by atoms with Crippen molar-refractivity contribution < 1.29 is 40.6 Å². The number of allylic oxidation sites excluding steroid dienone is 2. The molecular formula is C26H27F6NO3S. The molecule has 11 heteroatoms. The number of thioether (sulfide) groups is 1. The number of hydrogen-bond donors (Lipinski definition) is 1. The summed E-state index contributed by atoms with van der Waals surface area (Å²) in [5, 5.41) is 1.24. The maximum atomic E-state index is 14.4. The zero-order chi connectivity index (χ0) is 27.5. The predicted molar refractivity (Wildman–Crippen MR) is 130 cm³/mol. The second-order valence-electron chi connectivity index (χ2n) is 8.81. The van der Waals surface area contributed by atoms with Crippen LogP contribution in [-0.2, 0) is 16.0 Å². The fourth-order valence-corrected chi connectivity index (χ4v) is 5.78. The Labute approximate surface area is 215 Å². The van der Waals surface area contributed by atoms with E-state index in [-0.39, 0.29) is 23.2 Å². The number of ether oxygens (including phenoxy) is 2. The average molecular weight is 548 g/mol. The minimum absolute atomic E-state index is 0.0432. The lowest BCUT2D eigenvalue weighted by atomic mass is 9.85. The molecule has 1 saturated heterocycles. The van der Waals surface area contributed by atoms with Gasteiger partial charge in [-0.2, -0.15) is 17.6 Å². The number of anilines is 1. The van der Waals surface area contributed by atoms with Crippen LogP contribution in [0.15, 0.2) is 42.2 Å². The molecule has 0 unspecified atom stereocenters. The van der Waals surface area contributed by atoms with Crippen LogP contribution in [-0.4, -0.2) is 35.8 Å². The van der Waals surface area contributed by atoms with Gasteiger partial charge < -0.3 is 14.8 Å². The van der Waals surface area contributed by atoms with E-state index in [1.54, 1.807) is 13.0 Å². The zero-order valence-corrected chi connectivity index (χ0v) is 21.5. The maximum absolute atomic E-state index is 14.4. The van der Waals surface area contributed by atoms with E-state index in [1.807, 2.05) is 6.92 Å². The fourth-order valence-electron chi connectivity index (χ4n) is 4.24. The van der Waals surface area contributed by atoms with Gasteiger partial charge in [0.05, 0.1) is 24.7 Å². The van der Waals surface area contributed by atoms with Crippen LogP contribution in [0.25, 0.3) is 0 Å². The summed E-state index contributed by atoms with van der Waals surface area (Å²) in [6.07, 6.45) is -3.40. The standard InChI is InChI=1S/C26H27F6NO3S/c1-5-36-14(2)6-7-15-12-16(8-10-19(15)27)33-24(34)23-18(13-25(3,37-23)26(30,31)32)17-9-11-20(28)21(29)22(17)35-4/h6,8-12,18,23H,5,7,13H2,1-4H3,(H,33,34)/b14-6-/t18-,23+,25+/m0/s1. The second kappa shape index (κ2) is 11.3. The molecule has 3 rings (SSSR count). The molecule has 0 saturated carbocycles. The molecule has 0 bridgehead atoms. The number of carbonyl (C=O) groups excluding carboxylic acids is 1. The molecule has 0 spiro atoms. The summed E-state index contributed by atoms with van der Waals surface area (Å²) < 4.78 is 92.3. The third kappa shape index (κ3) is 6.19. The van der Waals surface area contributed by atoms with Crippen molar-refractivity contribution in [1.29, 1.82) is 0 Å². The number of amides is 1. The van der Waals surface area contributed by atoms with Gasteiger partial charge in [-0.15, -0.1) is 11.8 Å². The van der Waals surface area contributed by atoms with Gasteiger partial charge in [0.1, 0.15) is 10.6 Å². The van der Waals surface area contributed by atoms with E-state index in [1.165, 1.54) is 12.1 Å². The highest BCUT2D eigenvalue weighted by molar-refractivity contribution is 8.02. The first-order valence-electron chi connectivity index (χ1n) is 11.5. The molecule has 1 N–H and O–H groups in total. The van der Waals surface area contributed by atoms with Crippen molar-refractivity contribution in [2.24, 2.45) is 0 Å². The lowest BCUT2D eigenvalue weighted by Gasteiger charge is -2.26. The van der Waals surface area contributed by atoms with E-state index in [2.05, 4.69) is 5.32 Å². The van der Waals surface area contributed by atoms with Crippen molar-refractivity contribution in [1.82, 2.24) is 0 Å². The quantitative estimate of drug-likeness (QED) is 0.282. The van der Waals surface area contributed by atoms with Gasteiger partial charge in [-0.25, -0.2) is 8.78 Å². The smallest absolute Gasteiger partial charge is 0.403 e. The van der Waals surface area contributed by atoms with Crippen LogP contribution in [0, 0.1) is 17.5 Å². The van der Waals surface area contributed by atoms with Crippen LogP contribution in [0.1, 0.15) is 44.2 Å². The Kier molecular flexibility index (Phi) is 8.77. The Morgan fingerprint density at radius 3 is 2.49 bits per heavy atom. The number of methoxy groups -OCH3 is 1. The van der Waals surface area contributed by atoms with Gasteiger partial charge in [0, 0.05) is 17.2 Å². The summed E-state index contributed by atoms with van der Waals surface area (Å²) in [5.74, 6) is -4.97. The number of carbonyl (C=O) groups is 1. The molecule has 1 fully saturated rings. The first kappa shape index (κ1) is 28.7. The van der Waals surface area contributed by atoms with Crippen molar-refractivity contribution >= 4 is 23.4 Å². The van der Waals surface area contributed by atoms with Gasteiger partial charge in [0.15, 0.2) is 11.6 Å². The molecule has 3 atom stereocenters. The van der Waals surface area contributed by atoms with Gasteiger partial charge in [0.2, 0.25) is 11.7 Å². The molecule has 0 radical (unpaired) electrons. The zero-order valence-electron chi connectivity index (χ0n) is 20.6. The lowest BCUT2D eigenvalue weighted by Crippen LogP contribution is -2.37. The summed E-state index contributed by atoms with van der Waals surface area (Å²) in [4.78, 5) is 13.3. The Morgan fingerprint density at radius 1 is 1.19 bits per heavy atom. The highest BCUT2D eigenvalue weighted by Crippen LogP contribution is 2.59. The van der Waals surface area contributed by atoms with E-state index in [4.69, 9.17) is 9.47 Å². The van der Waals surface area contributed by atoms with Gasteiger partial charge >= 0.3 is 6.18 Å². The van der Waals surface area contributed by atoms with E-state index in [0.29, 0.717) is 24.1 Å². The summed E-state index contributed by atoms with van der Waals surface area (Å²) in [6.45, 7) is 4.94. The number of hydrogen-bond acceptors (Lipinski definition) is 4. The van der Waals surface area contributed by atoms with E-state index in [9.17, 15) is 31.1 Å². The van der Waals surface area contributed by atoms with Crippen molar-refractivity contribution in [2.45, 2.75) is 55.7 Å². The molecule has 2 aromatic rings. The highest BCUT2D eigenvalue weighted by atomic mass is 32.2. The van der Waals surface area contributed by atoms with Crippen molar-refractivity contribution in [3.8, 4) is 5.75 Å². The summed E-state index contributed by atoms with van der Waals surface area (Å²) in [7, 11) is 1.07. The number of halogens is 6. The van der Waals surface area contributed by atoms with Crippen molar-refractivity contribution in [3.05, 3.63) is 70.7 Å². The molecule has 1 aliphatic rings. The Morgan fingerprint density at radius 2 is 1.86 bits per heavy atom. The third-order valence-corrected chi connectivity index (χ3v) is 7.91. The Balaban J connectivity index is 1.94. The van der Waals surface area contributed by atoms with Crippen molar-refractivity contribution in [2.75, 3.05) is 19.0 Å². The van der Waals surface area contributed by atoms with Gasteiger partial charge in [0.25, 0.3) is 0 Å². The minimum atomic E-state index is -4.68. The van der Waals surface area contributed by atoms with Gasteiger partial charge in [-0.1, -0.05) is 6.07 Å². The van der Waals surface area contributed by atoms with Gasteiger partial charge in [-0.3, -0.25) is 4.79 Å². The molecule has 1 aliphatic heterocycles. The SMILES string of the molecule is CCO/C(C)=C\Cc1cc(NC(=O)[C@@H]2S[C@@](C)(C(F)(F)F)C[C@H]2c2ccc(F)c(F)c2OC)ccc1F. The fraction of sp³-hybridized carbons (Fsp3) is 0.423. The second-order valence-corrected chi connectivity index (χ2v) is 10.5. The van der Waals surface area contributed by atoms with Crippen LogP contribution < -0.4 is 10.1 Å². The molecule has 2 aromatic carbocycles. The van der Waals surface area contributed by atoms with Gasteiger partial charge in [-0.05, 0) is 69.5 Å². The summed E-state index contributed by atoms with van der Waals surface area (Å²) in [6, 6.07) is 5.75. The van der Waals surface area contributed by atoms with Crippen LogP contribution in [0.3, 0.4) is 0 Å². The van der Waals surface area contributed by atoms with Crippen LogP contribution in [0.4, 0.5) is 32.0 Å². The number of alkyl halides is 3. The van der Waals surface area contributed by atoms with Crippen LogP contribution in [0.2, 0.25) is 0 Å². The largest absolute Gasteiger partial charge is 0.499 e. The Hall–Kier alpha value is -2.82. The van der Waals surface area contributed by atoms with E-state index in [0.717, 1.165) is 32.2 Å². The maximum Gasteiger partial charge on any atom is 0.403 e. The number of nitrogens with one attached hydrogen (secondary N) is 1. The normalized spacial score (nSPS) is 22.2. The summed E-state index contributed by atoms with van der Waals surface area (Å²) >= 11 is 0.398. The first-order chi connectivity index (χ1) is 17.3. The lowest BCUT2D eigenvalue weighted by molar-refractivity contribution is -0.155. The molecule has 1 amide bonds. The number of rotatable bonds is 8. The predicted octanol–water partition coefficient (Wildman–Crippen LogP) is 7.14. The molecule has 0 aromatic heterocycles. The van der Waals surface area contributed by atoms with E-state index >= 15 is 0 Å². The molecule has 1 heterocycles. The molecular weight excluding hydrogens is 520 g/mol. The monoisotopic (exact) mass is 547 g/mol. The van der Waals surface area contributed by atoms with Crippen LogP contribution >= 0.6 is 11.8 Å².